The molecule has 0 saturated carbocycles. The van der Waals surface area contributed by atoms with E-state index in [2.05, 4.69) is 61.1 Å². The molecule has 0 fully saturated rings. The van der Waals surface area contributed by atoms with Crippen LogP contribution in [0.15, 0.2) is 39.9 Å². The van der Waals surface area contributed by atoms with Crippen molar-refractivity contribution in [1.82, 2.24) is 5.43 Å². The van der Waals surface area contributed by atoms with Gasteiger partial charge in [0.2, 0.25) is 6.79 Å². The molecule has 10 heteroatoms. The molecule has 1 N–H and O–H groups in total. The minimum atomic E-state index is -0.556. The predicted molar refractivity (Wildman–Crippen MR) is 132 cm³/mol. The highest BCUT2D eigenvalue weighted by Crippen LogP contribution is 2.39. The summed E-state index contributed by atoms with van der Waals surface area (Å²) in [5.74, 6) is 0.675. The van der Waals surface area contributed by atoms with E-state index in [1.807, 2.05) is 0 Å². The number of nitro benzene ring substituents is 1. The van der Waals surface area contributed by atoms with Crippen molar-refractivity contribution < 1.29 is 23.9 Å². The molecule has 9 nitrogen and oxygen atoms in total. The summed E-state index contributed by atoms with van der Waals surface area (Å²) >= 11 is 3.41. The molecule has 1 aliphatic heterocycles. The summed E-state index contributed by atoms with van der Waals surface area (Å²) in [5.41, 5.74) is 3.47. The molecular weight excluding hydrogens is 506 g/mol. The third-order valence-electron chi connectivity index (χ3n) is 5.15. The number of benzene rings is 2. The molecule has 0 unspecified atom stereocenters. The number of ether oxygens (including phenoxy) is 3. The van der Waals surface area contributed by atoms with E-state index < -0.39 is 17.4 Å². The second-order valence-electron chi connectivity index (χ2n) is 9.87. The zero-order valence-electron chi connectivity index (χ0n) is 19.8. The summed E-state index contributed by atoms with van der Waals surface area (Å²) in [6.45, 7) is 10.2. The molecule has 0 aromatic heterocycles. The van der Waals surface area contributed by atoms with Crippen molar-refractivity contribution in [2.24, 2.45) is 10.5 Å². The number of carbonyl (C=O) groups is 1. The van der Waals surface area contributed by atoms with E-state index in [0.29, 0.717) is 17.1 Å². The summed E-state index contributed by atoms with van der Waals surface area (Å²) < 4.78 is 16.8. The molecule has 2 aromatic rings. The Hall–Kier alpha value is -3.14. The van der Waals surface area contributed by atoms with Crippen LogP contribution in [-0.2, 0) is 10.2 Å². The Bertz CT molecular complexity index is 1120. The molecule has 34 heavy (non-hydrogen) atoms. The van der Waals surface area contributed by atoms with Crippen LogP contribution in [0.2, 0.25) is 0 Å². The number of nitro groups is 1. The second-order valence-corrected chi connectivity index (χ2v) is 10.7. The number of fused-ring (bicyclic) bond motifs is 1. The number of carbonyl (C=O) groups excluding carboxylic acids is 1. The average molecular weight is 534 g/mol. The predicted octanol–water partition coefficient (Wildman–Crippen LogP) is 5.33. The maximum atomic E-state index is 12.2. The first kappa shape index (κ1) is 25.5. The third-order valence-corrected chi connectivity index (χ3v) is 5.84. The number of rotatable bonds is 8. The van der Waals surface area contributed by atoms with Crippen molar-refractivity contribution in [3.8, 4) is 17.2 Å². The summed E-state index contributed by atoms with van der Waals surface area (Å²) in [5, 5.41) is 15.6. The van der Waals surface area contributed by atoms with Crippen molar-refractivity contribution in [2.45, 2.75) is 46.5 Å². The van der Waals surface area contributed by atoms with Gasteiger partial charge in [-0.15, -0.1) is 0 Å². The zero-order valence-corrected chi connectivity index (χ0v) is 21.4. The molecule has 0 aliphatic carbocycles. The van der Waals surface area contributed by atoms with E-state index in [4.69, 9.17) is 14.2 Å². The zero-order chi connectivity index (χ0) is 25.1. The SMILES string of the molecule is CC(C)(C)CC(C)(C)c1ccc(OCC(=O)NN=Cc2cc3c(cc2Br)OCO3)c([N+](=O)[O-])c1. The number of hydrogen-bond acceptors (Lipinski definition) is 7. The fraction of sp³-hybridized carbons (Fsp3) is 0.417. The summed E-state index contributed by atoms with van der Waals surface area (Å²) in [7, 11) is 0. The highest BCUT2D eigenvalue weighted by molar-refractivity contribution is 9.10. The van der Waals surface area contributed by atoms with E-state index in [1.165, 1.54) is 18.3 Å². The first-order valence-corrected chi connectivity index (χ1v) is 11.5. The highest BCUT2D eigenvalue weighted by Gasteiger charge is 2.30. The van der Waals surface area contributed by atoms with Crippen LogP contribution in [0.1, 0.15) is 52.2 Å². The molecular formula is C24H28BrN3O6. The van der Waals surface area contributed by atoms with Crippen LogP contribution >= 0.6 is 15.9 Å². The lowest BCUT2D eigenvalue weighted by molar-refractivity contribution is -0.385. The van der Waals surface area contributed by atoms with Gasteiger partial charge in [-0.2, -0.15) is 5.10 Å². The molecule has 0 saturated heterocycles. The van der Waals surface area contributed by atoms with E-state index in [-0.39, 0.29) is 29.1 Å². The fourth-order valence-electron chi connectivity index (χ4n) is 4.01. The summed E-state index contributed by atoms with van der Waals surface area (Å²) in [6.07, 6.45) is 2.29. The average Bonchev–Trinajstić information content (AvgIpc) is 3.17. The van der Waals surface area contributed by atoms with Gasteiger partial charge >= 0.3 is 5.69 Å². The smallest absolute Gasteiger partial charge is 0.311 e. The molecule has 182 valence electrons. The van der Waals surface area contributed by atoms with E-state index in [0.717, 1.165) is 16.5 Å². The van der Waals surface area contributed by atoms with Crippen molar-refractivity contribution >= 4 is 33.7 Å². The van der Waals surface area contributed by atoms with Crippen LogP contribution in [0.3, 0.4) is 0 Å². The molecule has 0 atom stereocenters. The van der Waals surface area contributed by atoms with Gasteiger partial charge in [0, 0.05) is 16.1 Å². The molecule has 0 radical (unpaired) electrons. The lowest BCUT2D eigenvalue weighted by atomic mass is 9.72. The number of amides is 1. The van der Waals surface area contributed by atoms with Crippen molar-refractivity contribution in [2.75, 3.05) is 13.4 Å². The minimum Gasteiger partial charge on any atom is -0.477 e. The van der Waals surface area contributed by atoms with Crippen LogP contribution in [0, 0.1) is 15.5 Å². The van der Waals surface area contributed by atoms with E-state index in [9.17, 15) is 14.9 Å². The van der Waals surface area contributed by atoms with Gasteiger partial charge in [0.05, 0.1) is 11.1 Å². The third kappa shape index (κ3) is 6.47. The van der Waals surface area contributed by atoms with E-state index >= 15 is 0 Å². The molecule has 0 spiro atoms. The number of nitrogens with one attached hydrogen (secondary N) is 1. The quantitative estimate of drug-likeness (QED) is 0.278. The largest absolute Gasteiger partial charge is 0.477 e. The van der Waals surface area contributed by atoms with Crippen LogP contribution in [-0.4, -0.2) is 30.4 Å². The molecule has 3 rings (SSSR count). The second kappa shape index (κ2) is 10.0. The first-order valence-electron chi connectivity index (χ1n) is 10.7. The molecule has 1 amide bonds. The van der Waals surface area contributed by atoms with Gasteiger partial charge in [-0.05, 0) is 56.9 Å². The van der Waals surface area contributed by atoms with Gasteiger partial charge in [0.1, 0.15) is 0 Å². The number of halogens is 1. The first-order chi connectivity index (χ1) is 15.9. The van der Waals surface area contributed by atoms with Crippen molar-refractivity contribution in [1.29, 1.82) is 0 Å². The van der Waals surface area contributed by atoms with Crippen molar-refractivity contribution in [3.05, 3.63) is 56.0 Å². The highest BCUT2D eigenvalue weighted by atomic mass is 79.9. The van der Waals surface area contributed by atoms with Gasteiger partial charge in [-0.25, -0.2) is 5.43 Å². The number of hydrazone groups is 1. The number of hydrogen-bond donors (Lipinski definition) is 1. The molecule has 0 bridgehead atoms. The normalized spacial score (nSPS) is 13.2. The fourth-order valence-corrected chi connectivity index (χ4v) is 4.44. The van der Waals surface area contributed by atoms with Crippen LogP contribution in [0.25, 0.3) is 0 Å². The van der Waals surface area contributed by atoms with Crippen LogP contribution < -0.4 is 19.6 Å². The summed E-state index contributed by atoms with van der Waals surface area (Å²) in [4.78, 5) is 23.3. The van der Waals surface area contributed by atoms with Crippen LogP contribution in [0.5, 0.6) is 17.2 Å². The van der Waals surface area contributed by atoms with Crippen molar-refractivity contribution in [3.63, 3.8) is 0 Å². The van der Waals surface area contributed by atoms with Crippen LogP contribution in [0.4, 0.5) is 5.69 Å². The van der Waals surface area contributed by atoms with Gasteiger partial charge in [-0.1, -0.05) is 40.7 Å². The standard InChI is InChI=1S/C24H28BrN3O6/c1-23(2,3)13-24(4,5)16-6-7-19(18(9-16)28(30)31)32-12-22(29)27-26-11-15-8-20-21(10-17(15)25)34-14-33-20/h6-11H,12-14H2,1-5H3,(H,27,29). The minimum absolute atomic E-state index is 0.0259. The Kier molecular flexibility index (Phi) is 7.50. The molecule has 2 aromatic carbocycles. The van der Waals surface area contributed by atoms with Gasteiger partial charge in [-0.3, -0.25) is 14.9 Å². The monoisotopic (exact) mass is 533 g/mol. The Morgan fingerprint density at radius 3 is 2.53 bits per heavy atom. The van der Waals surface area contributed by atoms with Gasteiger partial charge < -0.3 is 14.2 Å². The summed E-state index contributed by atoms with van der Waals surface area (Å²) in [6, 6.07) is 8.35. The Labute approximate surface area is 206 Å². The van der Waals surface area contributed by atoms with E-state index in [1.54, 1.807) is 18.2 Å². The lowest BCUT2D eigenvalue weighted by Crippen LogP contribution is -2.26. The van der Waals surface area contributed by atoms with Gasteiger partial charge in [0.25, 0.3) is 5.91 Å². The maximum Gasteiger partial charge on any atom is 0.311 e. The Morgan fingerprint density at radius 2 is 1.88 bits per heavy atom. The number of nitrogens with zero attached hydrogens (tertiary/aromatic N) is 2. The Balaban J connectivity index is 1.64. The lowest BCUT2D eigenvalue weighted by Gasteiger charge is -2.33. The topological polar surface area (TPSA) is 112 Å². The molecule has 1 aliphatic rings. The Morgan fingerprint density at radius 1 is 1.21 bits per heavy atom. The maximum absolute atomic E-state index is 12.2. The molecule has 1 heterocycles. The van der Waals surface area contributed by atoms with Gasteiger partial charge in [0.15, 0.2) is 23.9 Å².